The molecule has 2 atom stereocenters. The van der Waals surface area contributed by atoms with Crippen LogP contribution in [0.5, 0.6) is 0 Å². The number of carbonyl (C=O) groups is 1. The van der Waals surface area contributed by atoms with E-state index < -0.39 is 17.9 Å². The van der Waals surface area contributed by atoms with Crippen molar-refractivity contribution in [1.82, 2.24) is 29.6 Å². The zero-order chi connectivity index (χ0) is 28.4. The van der Waals surface area contributed by atoms with Gasteiger partial charge in [0.05, 0.1) is 6.54 Å². The first-order valence-corrected chi connectivity index (χ1v) is 12.4. The van der Waals surface area contributed by atoms with Gasteiger partial charge >= 0.3 is 6.09 Å². The summed E-state index contributed by atoms with van der Waals surface area (Å²) < 4.78 is 28.0. The fraction of sp³-hybridized carbons (Fsp3) is 0.250. The monoisotopic (exact) mass is 545 g/mol. The van der Waals surface area contributed by atoms with Crippen LogP contribution in [0.15, 0.2) is 72.7 Å². The lowest BCUT2D eigenvalue weighted by Crippen LogP contribution is -2.56. The van der Waals surface area contributed by atoms with Gasteiger partial charge in [-0.2, -0.15) is 5.10 Å². The topological polar surface area (TPSA) is 142 Å². The van der Waals surface area contributed by atoms with Crippen molar-refractivity contribution in [3.05, 3.63) is 95.6 Å². The second-order valence-electron chi connectivity index (χ2n) is 9.29. The van der Waals surface area contributed by atoms with Gasteiger partial charge in [-0.1, -0.05) is 18.2 Å². The summed E-state index contributed by atoms with van der Waals surface area (Å²) in [6, 6.07) is 11.7. The number of aromatic nitrogens is 5. The Bertz CT molecular complexity index is 1620. The third-order valence-corrected chi connectivity index (χ3v) is 6.89. The van der Waals surface area contributed by atoms with E-state index in [1.54, 1.807) is 59.7 Å². The normalized spacial score (nSPS) is 19.1. The molecule has 40 heavy (non-hydrogen) atoms. The van der Waals surface area contributed by atoms with E-state index in [1.807, 2.05) is 6.07 Å². The van der Waals surface area contributed by atoms with Crippen molar-refractivity contribution in [2.75, 3.05) is 27.8 Å². The first kappa shape index (κ1) is 27.1. The average molecular weight is 546 g/mol. The van der Waals surface area contributed by atoms with Crippen molar-refractivity contribution in [2.45, 2.75) is 18.4 Å². The number of fused-ring (bicyclic) bond motifs is 1. The van der Waals surface area contributed by atoms with Crippen molar-refractivity contribution in [3.8, 4) is 0 Å². The van der Waals surface area contributed by atoms with Crippen molar-refractivity contribution in [3.63, 3.8) is 0 Å². The molecule has 3 N–H and O–H groups in total. The van der Waals surface area contributed by atoms with E-state index in [1.165, 1.54) is 27.3 Å². The summed E-state index contributed by atoms with van der Waals surface area (Å²) in [6.07, 6.45) is 4.42. The van der Waals surface area contributed by atoms with Crippen LogP contribution in [0.25, 0.3) is 22.2 Å². The van der Waals surface area contributed by atoms with Gasteiger partial charge in [-0.3, -0.25) is 5.73 Å². The lowest BCUT2D eigenvalue weighted by atomic mass is 9.80. The molecule has 3 heterocycles. The van der Waals surface area contributed by atoms with E-state index in [0.717, 1.165) is 4.90 Å². The van der Waals surface area contributed by atoms with Crippen LogP contribution in [-0.2, 0) is 16.0 Å². The molecule has 1 aliphatic carbocycles. The molecule has 5 rings (SSSR count). The van der Waals surface area contributed by atoms with E-state index in [-0.39, 0.29) is 18.9 Å². The zero-order valence-electron chi connectivity index (χ0n) is 22.2. The van der Waals surface area contributed by atoms with Crippen LogP contribution in [0.2, 0.25) is 0 Å². The number of rotatable bonds is 8. The molecule has 2 unspecified atom stereocenters. The molecular weight excluding hydrogens is 517 g/mol. The van der Waals surface area contributed by atoms with Gasteiger partial charge in [-0.05, 0) is 35.9 Å². The van der Waals surface area contributed by atoms with E-state index in [0.29, 0.717) is 44.8 Å². The van der Waals surface area contributed by atoms with Crippen LogP contribution in [0.4, 0.5) is 9.18 Å². The maximum absolute atomic E-state index is 14.6. The molecule has 11 nitrogen and oxygen atoms in total. The number of carboxylic acid groups (broad SMARTS) is 1. The molecule has 0 spiro atoms. The fourth-order valence-corrected chi connectivity index (χ4v) is 4.91. The largest absolute Gasteiger partial charge is 0.465 e. The maximum atomic E-state index is 14.6. The maximum Gasteiger partial charge on any atom is 0.407 e. The Hall–Kier alpha value is -4.52. The third-order valence-electron chi connectivity index (χ3n) is 6.89. The third kappa shape index (κ3) is 4.72. The number of halogens is 1. The van der Waals surface area contributed by atoms with Gasteiger partial charge in [0.25, 0.3) is 0 Å². The number of amides is 1. The lowest BCUT2D eigenvalue weighted by molar-refractivity contribution is -0.0511. The predicted molar refractivity (Wildman–Crippen MR) is 145 cm³/mol. The van der Waals surface area contributed by atoms with Crippen molar-refractivity contribution in [1.29, 1.82) is 0 Å². The number of ether oxygens (including phenoxy) is 2. The molecule has 0 saturated heterocycles. The smallest absolute Gasteiger partial charge is 0.407 e. The van der Waals surface area contributed by atoms with Gasteiger partial charge in [0, 0.05) is 68.5 Å². The highest BCUT2D eigenvalue weighted by molar-refractivity contribution is 5.95. The van der Waals surface area contributed by atoms with E-state index >= 15 is 0 Å². The second-order valence-corrected chi connectivity index (χ2v) is 9.29. The Labute approximate surface area is 229 Å². The molecule has 0 aliphatic heterocycles. The minimum absolute atomic E-state index is 0.0252. The van der Waals surface area contributed by atoms with Crippen LogP contribution in [-0.4, -0.2) is 80.5 Å². The fourth-order valence-electron chi connectivity index (χ4n) is 4.91. The van der Waals surface area contributed by atoms with E-state index in [9.17, 15) is 14.3 Å². The summed E-state index contributed by atoms with van der Waals surface area (Å²) >= 11 is 0. The number of pyridine rings is 1. The molecule has 12 heteroatoms. The minimum Gasteiger partial charge on any atom is -0.465 e. The van der Waals surface area contributed by atoms with Gasteiger partial charge in [-0.15, -0.1) is 0 Å². The van der Waals surface area contributed by atoms with Crippen molar-refractivity contribution < 1.29 is 23.8 Å². The number of methoxy groups -OCH3 is 2. The number of nitrogens with two attached hydrogens (primary N) is 1. The molecule has 1 aliphatic rings. The molecule has 0 radical (unpaired) electrons. The van der Waals surface area contributed by atoms with Crippen molar-refractivity contribution >= 4 is 28.3 Å². The molecule has 4 aromatic rings. The number of hydrogen-bond acceptors (Lipinski definition) is 8. The first-order chi connectivity index (χ1) is 19.3. The number of benzene rings is 1. The zero-order valence-corrected chi connectivity index (χ0v) is 22.2. The molecule has 1 aromatic carbocycles. The lowest BCUT2D eigenvalue weighted by Gasteiger charge is -2.41. The summed E-state index contributed by atoms with van der Waals surface area (Å²) in [5.41, 5.74) is 8.20. The van der Waals surface area contributed by atoms with Gasteiger partial charge in [0.2, 0.25) is 0 Å². The standard InChI is InChI=1S/C28H28FN7O4/c1-35(27(37)38)15-18-14-20(25-31-12-7-13-32-25)28(30,40-3)24(39-2)22(18)23-19-9-6-11-33-26(19)36(34-23)16-17-8-4-5-10-21(17)29/h4-14,24H,15-16,30H2,1-3H3,(H,37,38). The number of nitrogens with zero attached hydrogens (tertiary/aromatic N) is 6. The Kier molecular flexibility index (Phi) is 7.39. The highest BCUT2D eigenvalue weighted by Crippen LogP contribution is 2.43. The Morgan fingerprint density at radius 3 is 2.52 bits per heavy atom. The van der Waals surface area contributed by atoms with Crippen LogP contribution >= 0.6 is 0 Å². The summed E-state index contributed by atoms with van der Waals surface area (Å²) in [5.74, 6) is -0.0603. The number of likely N-dealkylation sites (N-methyl/N-ethyl adjacent to an activating group) is 1. The molecule has 0 fully saturated rings. The predicted octanol–water partition coefficient (Wildman–Crippen LogP) is 3.19. The summed E-state index contributed by atoms with van der Waals surface area (Å²) in [5, 5.41) is 15.2. The quantitative estimate of drug-likeness (QED) is 0.319. The van der Waals surface area contributed by atoms with Crippen LogP contribution in [0, 0.1) is 5.82 Å². The van der Waals surface area contributed by atoms with Gasteiger partial charge in [0.1, 0.15) is 17.6 Å². The van der Waals surface area contributed by atoms with E-state index in [4.69, 9.17) is 20.3 Å². The van der Waals surface area contributed by atoms with Crippen LogP contribution < -0.4 is 5.73 Å². The van der Waals surface area contributed by atoms with E-state index in [2.05, 4.69) is 15.0 Å². The van der Waals surface area contributed by atoms with Crippen molar-refractivity contribution in [2.24, 2.45) is 5.73 Å². The Balaban J connectivity index is 1.79. The molecular formula is C28H28FN7O4. The first-order valence-electron chi connectivity index (χ1n) is 12.4. The highest BCUT2D eigenvalue weighted by Gasteiger charge is 2.48. The highest BCUT2D eigenvalue weighted by atomic mass is 19.1. The Morgan fingerprint density at radius 2 is 1.85 bits per heavy atom. The molecule has 3 aromatic heterocycles. The van der Waals surface area contributed by atoms with Gasteiger partial charge in [-0.25, -0.2) is 28.8 Å². The Morgan fingerprint density at radius 1 is 1.12 bits per heavy atom. The molecule has 206 valence electrons. The summed E-state index contributed by atoms with van der Waals surface area (Å²) in [4.78, 5) is 26.2. The minimum atomic E-state index is -1.57. The van der Waals surface area contributed by atoms with Gasteiger partial charge < -0.3 is 19.5 Å². The molecule has 0 saturated carbocycles. The summed E-state index contributed by atoms with van der Waals surface area (Å²) in [6.45, 7) is 0.0923. The van der Waals surface area contributed by atoms with Gasteiger partial charge in [0.15, 0.2) is 17.2 Å². The molecule has 0 bridgehead atoms. The SMILES string of the molecule is COC1C(c2nn(Cc3ccccc3F)c3ncccc23)=C(CN(C)C(=O)O)C=C(c2ncccn2)C1(N)OC. The second kappa shape index (κ2) is 10.9. The number of hydrogen-bond donors (Lipinski definition) is 2. The van der Waals surface area contributed by atoms with Crippen LogP contribution in [0.1, 0.15) is 17.1 Å². The molecule has 1 amide bonds. The summed E-state index contributed by atoms with van der Waals surface area (Å²) in [7, 11) is 4.39. The van der Waals surface area contributed by atoms with Crippen LogP contribution in [0.3, 0.4) is 0 Å². The average Bonchev–Trinajstić information content (AvgIpc) is 3.32.